The first-order valence-electron chi connectivity index (χ1n) is 4.19. The third-order valence-electron chi connectivity index (χ3n) is 1.63. The zero-order valence-corrected chi connectivity index (χ0v) is 10.2. The maximum atomic E-state index is 11.5. The van der Waals surface area contributed by atoms with Crippen molar-refractivity contribution in [3.05, 3.63) is 45.7 Å². The number of aromatic nitrogens is 1. The van der Waals surface area contributed by atoms with Gasteiger partial charge in [-0.15, -0.1) is 0 Å². The standard InChI is InChI=1S/C9H5ClN2O2S2/c10-7-8(15-16-12-7)11-14-9(13)6-4-2-1-3-5-6/h1-5H/b11-8-. The Hall–Kier alpha value is -1.24. The lowest BCUT2D eigenvalue weighted by atomic mass is 10.2. The molecule has 0 atom stereocenters. The number of halogens is 1. The Bertz CT molecular complexity index is 550. The molecule has 1 heterocycles. The van der Waals surface area contributed by atoms with Gasteiger partial charge in [0.15, 0.2) is 5.15 Å². The summed E-state index contributed by atoms with van der Waals surface area (Å²) in [4.78, 5) is 16.2. The van der Waals surface area contributed by atoms with E-state index in [1.54, 1.807) is 24.3 Å². The van der Waals surface area contributed by atoms with Gasteiger partial charge in [0.2, 0.25) is 4.67 Å². The Labute approximate surface area is 103 Å². The molecule has 4 nitrogen and oxygen atoms in total. The predicted molar refractivity (Wildman–Crippen MR) is 62.4 cm³/mol. The van der Waals surface area contributed by atoms with Gasteiger partial charge in [0.05, 0.1) is 5.56 Å². The Morgan fingerprint density at radius 2 is 2.12 bits per heavy atom. The molecule has 1 aromatic carbocycles. The fourth-order valence-corrected chi connectivity index (χ4v) is 2.81. The van der Waals surface area contributed by atoms with Crippen molar-refractivity contribution in [2.45, 2.75) is 0 Å². The second kappa shape index (κ2) is 5.20. The molecule has 2 aromatic rings. The van der Waals surface area contributed by atoms with Crippen LogP contribution >= 0.6 is 32.5 Å². The van der Waals surface area contributed by atoms with Crippen molar-refractivity contribution >= 4 is 38.4 Å². The molecule has 0 saturated heterocycles. The highest BCUT2D eigenvalue weighted by atomic mass is 35.5. The molecule has 0 N–H and O–H groups in total. The molecule has 1 aromatic heterocycles. The van der Waals surface area contributed by atoms with Gasteiger partial charge >= 0.3 is 5.97 Å². The summed E-state index contributed by atoms with van der Waals surface area (Å²) in [5, 5.41) is 3.87. The molecule has 0 aliphatic heterocycles. The van der Waals surface area contributed by atoms with Crippen LogP contribution < -0.4 is 4.67 Å². The third-order valence-corrected chi connectivity index (χ3v) is 3.79. The molecule has 82 valence electrons. The van der Waals surface area contributed by atoms with Crippen LogP contribution in [-0.2, 0) is 4.84 Å². The minimum atomic E-state index is -0.518. The number of rotatable bonds is 2. The van der Waals surface area contributed by atoms with E-state index in [2.05, 4.69) is 9.53 Å². The van der Waals surface area contributed by atoms with Gasteiger partial charge in [0.1, 0.15) is 0 Å². The van der Waals surface area contributed by atoms with Crippen LogP contribution in [0.1, 0.15) is 10.4 Å². The largest absolute Gasteiger partial charge is 0.365 e. The van der Waals surface area contributed by atoms with Crippen molar-refractivity contribution in [1.82, 2.24) is 4.37 Å². The van der Waals surface area contributed by atoms with Crippen molar-refractivity contribution in [3.8, 4) is 0 Å². The average molecular weight is 273 g/mol. The molecule has 0 saturated carbocycles. The third kappa shape index (κ3) is 2.66. The van der Waals surface area contributed by atoms with Gasteiger partial charge < -0.3 is 4.84 Å². The number of hydrogen-bond donors (Lipinski definition) is 0. The van der Waals surface area contributed by atoms with Crippen LogP contribution in [0.25, 0.3) is 0 Å². The van der Waals surface area contributed by atoms with E-state index in [0.717, 1.165) is 0 Å². The van der Waals surface area contributed by atoms with Crippen molar-refractivity contribution in [2.75, 3.05) is 0 Å². The van der Waals surface area contributed by atoms with Gasteiger partial charge in [-0.05, 0) is 22.5 Å². The van der Waals surface area contributed by atoms with Gasteiger partial charge in [0.25, 0.3) is 0 Å². The number of hydrogen-bond acceptors (Lipinski definition) is 6. The first kappa shape index (κ1) is 11.3. The van der Waals surface area contributed by atoms with Gasteiger partial charge in [-0.3, -0.25) is 0 Å². The lowest BCUT2D eigenvalue weighted by molar-refractivity contribution is 0.0500. The van der Waals surface area contributed by atoms with E-state index in [4.69, 9.17) is 16.4 Å². The van der Waals surface area contributed by atoms with E-state index in [1.165, 1.54) is 20.9 Å². The summed E-state index contributed by atoms with van der Waals surface area (Å²) in [6.07, 6.45) is 0. The number of carbonyl (C=O) groups is 1. The van der Waals surface area contributed by atoms with Crippen LogP contribution in [-0.4, -0.2) is 10.3 Å². The second-order valence-electron chi connectivity index (χ2n) is 2.68. The SMILES string of the molecule is O=C(O/N=c1\ssnc1Cl)c1ccccc1. The maximum Gasteiger partial charge on any atom is 0.365 e. The van der Waals surface area contributed by atoms with Crippen molar-refractivity contribution in [3.63, 3.8) is 0 Å². The van der Waals surface area contributed by atoms with E-state index in [1.807, 2.05) is 6.07 Å². The van der Waals surface area contributed by atoms with Crippen molar-refractivity contribution < 1.29 is 9.63 Å². The molecule has 0 radical (unpaired) electrons. The predicted octanol–water partition coefficient (Wildman–Crippen LogP) is 2.53. The lowest BCUT2D eigenvalue weighted by Gasteiger charge is -1.95. The Morgan fingerprint density at radius 1 is 1.38 bits per heavy atom. The fraction of sp³-hybridized carbons (Fsp3) is 0. The molecular formula is C9H5ClN2O2S2. The Morgan fingerprint density at radius 3 is 2.75 bits per heavy atom. The highest BCUT2D eigenvalue weighted by Crippen LogP contribution is 2.06. The first-order valence-corrected chi connectivity index (χ1v) is 6.68. The van der Waals surface area contributed by atoms with Gasteiger partial charge in [-0.1, -0.05) is 35.0 Å². The summed E-state index contributed by atoms with van der Waals surface area (Å²) in [5.74, 6) is -0.518. The van der Waals surface area contributed by atoms with E-state index >= 15 is 0 Å². The Balaban J connectivity index is 2.13. The smallest absolute Gasteiger partial charge is 0.311 e. The number of carbonyl (C=O) groups excluding carboxylic acids is 1. The van der Waals surface area contributed by atoms with Crippen LogP contribution in [0.3, 0.4) is 0 Å². The molecule has 0 fully saturated rings. The zero-order chi connectivity index (χ0) is 11.4. The van der Waals surface area contributed by atoms with Crippen LogP contribution in [0, 0.1) is 0 Å². The summed E-state index contributed by atoms with van der Waals surface area (Å²) in [6, 6.07) is 8.61. The molecule has 0 aliphatic carbocycles. The topological polar surface area (TPSA) is 51.5 Å². The van der Waals surface area contributed by atoms with Crippen LogP contribution in [0.15, 0.2) is 35.5 Å². The molecule has 16 heavy (non-hydrogen) atoms. The molecular weight excluding hydrogens is 268 g/mol. The molecule has 0 amide bonds. The van der Waals surface area contributed by atoms with Gasteiger partial charge in [0, 0.05) is 10.5 Å². The first-order chi connectivity index (χ1) is 7.77. The summed E-state index contributed by atoms with van der Waals surface area (Å²) >= 11 is 5.69. The molecule has 7 heteroatoms. The van der Waals surface area contributed by atoms with Crippen LogP contribution in [0.5, 0.6) is 0 Å². The van der Waals surface area contributed by atoms with Gasteiger partial charge in [-0.25, -0.2) is 4.79 Å². The number of nitrogens with zero attached hydrogens (tertiary/aromatic N) is 2. The summed E-state index contributed by atoms with van der Waals surface area (Å²) < 4.78 is 4.21. The van der Waals surface area contributed by atoms with Crippen LogP contribution in [0.2, 0.25) is 5.15 Å². The summed E-state index contributed by atoms with van der Waals surface area (Å²) in [6.45, 7) is 0. The van der Waals surface area contributed by atoms with E-state index in [-0.39, 0.29) is 5.15 Å². The summed E-state index contributed by atoms with van der Waals surface area (Å²) in [7, 11) is 2.43. The van der Waals surface area contributed by atoms with Crippen LogP contribution in [0.4, 0.5) is 0 Å². The van der Waals surface area contributed by atoms with E-state index in [0.29, 0.717) is 10.2 Å². The van der Waals surface area contributed by atoms with E-state index < -0.39 is 5.97 Å². The Kier molecular flexibility index (Phi) is 3.66. The summed E-state index contributed by atoms with van der Waals surface area (Å²) in [5.41, 5.74) is 0.440. The normalized spacial score (nSPS) is 11.4. The monoisotopic (exact) mass is 272 g/mol. The maximum absolute atomic E-state index is 11.5. The second-order valence-corrected chi connectivity index (χ2v) is 4.87. The molecule has 0 aliphatic rings. The van der Waals surface area contributed by atoms with E-state index in [9.17, 15) is 4.79 Å². The molecule has 2 rings (SSSR count). The molecule has 0 unspecified atom stereocenters. The number of benzene rings is 1. The lowest BCUT2D eigenvalue weighted by Crippen LogP contribution is -2.04. The van der Waals surface area contributed by atoms with Gasteiger partial charge in [-0.2, -0.15) is 4.37 Å². The minimum absolute atomic E-state index is 0.246. The highest BCUT2D eigenvalue weighted by Gasteiger charge is 2.06. The highest BCUT2D eigenvalue weighted by molar-refractivity contribution is 7.66. The minimum Gasteiger partial charge on any atom is -0.311 e. The molecule has 0 bridgehead atoms. The quantitative estimate of drug-likeness (QED) is 0.480. The van der Waals surface area contributed by atoms with Crippen molar-refractivity contribution in [2.24, 2.45) is 5.16 Å². The van der Waals surface area contributed by atoms with Crippen molar-refractivity contribution in [1.29, 1.82) is 0 Å². The zero-order valence-electron chi connectivity index (χ0n) is 7.79. The average Bonchev–Trinajstić information content (AvgIpc) is 2.73. The molecule has 0 spiro atoms. The fourth-order valence-electron chi connectivity index (χ4n) is 0.923.